The Morgan fingerprint density at radius 1 is 0.912 bits per heavy atom. The van der Waals surface area contributed by atoms with Crippen LogP contribution in [0.1, 0.15) is 11.3 Å². The summed E-state index contributed by atoms with van der Waals surface area (Å²) in [6.45, 7) is 0. The zero-order chi connectivity index (χ0) is 23.9. The summed E-state index contributed by atoms with van der Waals surface area (Å²) >= 11 is 0. The lowest BCUT2D eigenvalue weighted by molar-refractivity contribution is -0.128. The van der Waals surface area contributed by atoms with Crippen LogP contribution < -0.4 is 21.7 Å². The number of nitrogens with zero attached hydrogens (tertiary/aromatic N) is 1. The average molecular weight is 460 g/mol. The Kier molecular flexibility index (Phi) is 6.87. The summed E-state index contributed by atoms with van der Waals surface area (Å²) in [4.78, 5) is 47.9. The second-order valence-corrected chi connectivity index (χ2v) is 7.83. The van der Waals surface area contributed by atoms with Gasteiger partial charge in [0, 0.05) is 47.5 Å². The highest BCUT2D eigenvalue weighted by molar-refractivity contribution is 5.96. The topological polar surface area (TPSA) is 158 Å². The van der Waals surface area contributed by atoms with Crippen LogP contribution >= 0.6 is 0 Å². The van der Waals surface area contributed by atoms with Gasteiger partial charge >= 0.3 is 6.03 Å². The molecule has 4 aromatic rings. The number of amides is 4. The minimum atomic E-state index is -0.975. The second-order valence-electron chi connectivity index (χ2n) is 7.83. The minimum Gasteiger partial charge on any atom is -0.368 e. The highest BCUT2D eigenvalue weighted by Crippen LogP contribution is 2.19. The number of nitrogens with two attached hydrogens (primary N) is 1. The van der Waals surface area contributed by atoms with Crippen molar-refractivity contribution >= 4 is 34.4 Å². The molecular formula is C24H25N7O3. The predicted octanol–water partition coefficient (Wildman–Crippen LogP) is 1.84. The van der Waals surface area contributed by atoms with E-state index in [1.165, 1.54) is 6.33 Å². The maximum absolute atomic E-state index is 13.2. The Hall–Kier alpha value is -4.60. The highest BCUT2D eigenvalue weighted by Gasteiger charge is 2.27. The normalized spacial score (nSPS) is 12.6. The van der Waals surface area contributed by atoms with Crippen LogP contribution in [0.2, 0.25) is 0 Å². The van der Waals surface area contributed by atoms with Crippen LogP contribution in [0.25, 0.3) is 10.9 Å². The van der Waals surface area contributed by atoms with Crippen molar-refractivity contribution in [3.63, 3.8) is 0 Å². The number of aromatic nitrogens is 3. The fraction of sp³-hybridized carbons (Fsp3) is 0.167. The monoisotopic (exact) mass is 459 g/mol. The number of hydrogen-bond acceptors (Lipinski definition) is 4. The first kappa shape index (κ1) is 22.6. The van der Waals surface area contributed by atoms with E-state index in [1.807, 2.05) is 30.3 Å². The van der Waals surface area contributed by atoms with Gasteiger partial charge in [0.15, 0.2) is 0 Å². The number of anilines is 1. The Morgan fingerprint density at radius 3 is 2.41 bits per heavy atom. The lowest BCUT2D eigenvalue weighted by atomic mass is 10.0. The number of para-hydroxylation sites is 2. The van der Waals surface area contributed by atoms with Crippen molar-refractivity contribution in [3.8, 4) is 0 Å². The number of hydrogen-bond donors (Lipinski definition) is 6. The molecule has 2 heterocycles. The number of imidazole rings is 1. The van der Waals surface area contributed by atoms with E-state index in [2.05, 4.69) is 30.9 Å². The number of rotatable bonds is 9. The molecule has 0 aliphatic carbocycles. The fourth-order valence-corrected chi connectivity index (χ4v) is 3.69. The summed E-state index contributed by atoms with van der Waals surface area (Å²) < 4.78 is 0. The molecule has 0 fully saturated rings. The molecule has 10 heteroatoms. The van der Waals surface area contributed by atoms with E-state index >= 15 is 0 Å². The first-order valence-electron chi connectivity index (χ1n) is 10.7. The third-order valence-electron chi connectivity index (χ3n) is 5.39. The second kappa shape index (κ2) is 10.3. The number of aromatic amines is 2. The van der Waals surface area contributed by atoms with Gasteiger partial charge in [-0.25, -0.2) is 9.78 Å². The molecule has 0 saturated heterocycles. The van der Waals surface area contributed by atoms with Crippen molar-refractivity contribution in [3.05, 3.63) is 84.6 Å². The van der Waals surface area contributed by atoms with Crippen molar-refractivity contribution in [1.82, 2.24) is 25.6 Å². The van der Waals surface area contributed by atoms with Gasteiger partial charge in [0.25, 0.3) is 0 Å². The molecule has 4 rings (SSSR count). The van der Waals surface area contributed by atoms with E-state index in [9.17, 15) is 14.4 Å². The van der Waals surface area contributed by atoms with Crippen LogP contribution in [0.3, 0.4) is 0 Å². The zero-order valence-electron chi connectivity index (χ0n) is 18.2. The maximum Gasteiger partial charge on any atom is 0.319 e. The largest absolute Gasteiger partial charge is 0.368 e. The molecule has 10 nitrogen and oxygen atoms in total. The van der Waals surface area contributed by atoms with E-state index in [1.54, 1.807) is 36.7 Å². The van der Waals surface area contributed by atoms with E-state index in [4.69, 9.17) is 5.73 Å². The smallest absolute Gasteiger partial charge is 0.319 e. The van der Waals surface area contributed by atoms with E-state index in [0.717, 1.165) is 16.5 Å². The maximum atomic E-state index is 13.2. The van der Waals surface area contributed by atoms with Gasteiger partial charge in [0.2, 0.25) is 11.8 Å². The molecule has 0 unspecified atom stereocenters. The van der Waals surface area contributed by atoms with Crippen molar-refractivity contribution in [2.75, 3.05) is 5.32 Å². The molecular weight excluding hydrogens is 434 g/mol. The first-order chi connectivity index (χ1) is 16.5. The zero-order valence-corrected chi connectivity index (χ0v) is 18.2. The number of primary amides is 1. The molecule has 34 heavy (non-hydrogen) atoms. The van der Waals surface area contributed by atoms with Crippen LogP contribution in [0.15, 0.2) is 73.3 Å². The Morgan fingerprint density at radius 2 is 1.68 bits per heavy atom. The first-order valence-corrected chi connectivity index (χ1v) is 10.7. The van der Waals surface area contributed by atoms with Crippen LogP contribution in [0.4, 0.5) is 10.5 Å². The van der Waals surface area contributed by atoms with E-state index in [0.29, 0.717) is 11.4 Å². The van der Waals surface area contributed by atoms with Gasteiger partial charge in [-0.3, -0.25) is 9.59 Å². The molecule has 4 amide bonds. The van der Waals surface area contributed by atoms with E-state index in [-0.39, 0.29) is 12.8 Å². The molecule has 2 aromatic heterocycles. The Balaban J connectivity index is 1.53. The number of urea groups is 1. The molecule has 0 aliphatic heterocycles. The number of nitrogens with one attached hydrogen (secondary N) is 5. The molecule has 174 valence electrons. The van der Waals surface area contributed by atoms with Crippen LogP contribution in [0.5, 0.6) is 0 Å². The lowest BCUT2D eigenvalue weighted by Gasteiger charge is -2.22. The molecule has 2 aromatic carbocycles. The van der Waals surface area contributed by atoms with Crippen LogP contribution in [-0.2, 0) is 22.4 Å². The number of H-pyrrole nitrogens is 2. The standard InChI is InChI=1S/C24H25N7O3/c25-22(32)20(11-17-13-26-14-28-17)30-23(33)21(31-24(34)29-16-6-2-1-3-7-16)10-15-12-27-19-9-5-4-8-18(15)19/h1-9,12-14,20-21,27H,10-11H2,(H2,25,32)(H,26,28)(H,30,33)(H2,29,31,34)/t20-,21-/m1/s1. The van der Waals surface area contributed by atoms with Crippen molar-refractivity contribution in [2.24, 2.45) is 5.73 Å². The van der Waals surface area contributed by atoms with Gasteiger partial charge in [-0.15, -0.1) is 0 Å². The molecule has 7 N–H and O–H groups in total. The van der Waals surface area contributed by atoms with Gasteiger partial charge in [0.1, 0.15) is 12.1 Å². The number of carbonyl (C=O) groups excluding carboxylic acids is 3. The molecule has 0 aliphatic rings. The SMILES string of the molecule is NC(=O)[C@@H](Cc1cnc[nH]1)NC(=O)[C@@H](Cc1c[nH]c2ccccc12)NC(=O)Nc1ccccc1. The number of carbonyl (C=O) groups is 3. The van der Waals surface area contributed by atoms with Gasteiger partial charge < -0.3 is 31.7 Å². The Bertz CT molecular complexity index is 1270. The quantitative estimate of drug-likeness (QED) is 0.226. The van der Waals surface area contributed by atoms with Crippen molar-refractivity contribution in [1.29, 1.82) is 0 Å². The third kappa shape index (κ3) is 5.60. The lowest BCUT2D eigenvalue weighted by Crippen LogP contribution is -2.55. The van der Waals surface area contributed by atoms with Gasteiger partial charge in [-0.2, -0.15) is 0 Å². The summed E-state index contributed by atoms with van der Waals surface area (Å²) in [5.74, 6) is -1.22. The van der Waals surface area contributed by atoms with Crippen LogP contribution in [-0.4, -0.2) is 44.9 Å². The number of benzene rings is 2. The fourth-order valence-electron chi connectivity index (χ4n) is 3.69. The minimum absolute atomic E-state index is 0.150. The highest BCUT2D eigenvalue weighted by atomic mass is 16.2. The summed E-state index contributed by atoms with van der Waals surface area (Å²) in [5.41, 5.74) is 8.52. The molecule has 2 atom stereocenters. The molecule has 0 spiro atoms. The van der Waals surface area contributed by atoms with Crippen molar-refractivity contribution < 1.29 is 14.4 Å². The number of fused-ring (bicyclic) bond motifs is 1. The van der Waals surface area contributed by atoms with Crippen LogP contribution in [0, 0.1) is 0 Å². The van der Waals surface area contributed by atoms with Crippen molar-refractivity contribution in [2.45, 2.75) is 24.9 Å². The predicted molar refractivity (Wildman–Crippen MR) is 128 cm³/mol. The average Bonchev–Trinajstić information content (AvgIpc) is 3.49. The molecule has 0 radical (unpaired) electrons. The van der Waals surface area contributed by atoms with Gasteiger partial charge in [0.05, 0.1) is 6.33 Å². The summed E-state index contributed by atoms with van der Waals surface area (Å²) in [6.07, 6.45) is 5.18. The summed E-state index contributed by atoms with van der Waals surface area (Å²) in [5, 5.41) is 9.05. The molecule has 0 saturated carbocycles. The van der Waals surface area contributed by atoms with Gasteiger partial charge in [-0.1, -0.05) is 36.4 Å². The summed E-state index contributed by atoms with van der Waals surface area (Å²) in [7, 11) is 0. The third-order valence-corrected chi connectivity index (χ3v) is 5.39. The van der Waals surface area contributed by atoms with Gasteiger partial charge in [-0.05, 0) is 23.8 Å². The Labute approximate surface area is 195 Å². The van der Waals surface area contributed by atoms with E-state index < -0.39 is 29.9 Å². The summed E-state index contributed by atoms with van der Waals surface area (Å²) in [6, 6.07) is 14.1. The molecule has 0 bridgehead atoms.